The van der Waals surface area contributed by atoms with Crippen molar-refractivity contribution in [1.29, 1.82) is 0 Å². The highest BCUT2D eigenvalue weighted by Crippen LogP contribution is 2.43. The van der Waals surface area contributed by atoms with E-state index in [1.807, 2.05) is 12.1 Å². The summed E-state index contributed by atoms with van der Waals surface area (Å²) < 4.78 is 0. The minimum Gasteiger partial charge on any atom is -0.343 e. The Morgan fingerprint density at radius 2 is 2.04 bits per heavy atom. The molecule has 0 spiro atoms. The number of thioether (sulfide) groups is 1. The zero-order chi connectivity index (χ0) is 18.1. The van der Waals surface area contributed by atoms with Gasteiger partial charge < -0.3 is 10.3 Å². The Hall–Kier alpha value is -2.41. The number of aromatic amines is 1. The predicted molar refractivity (Wildman–Crippen MR) is 101 cm³/mol. The van der Waals surface area contributed by atoms with E-state index < -0.39 is 5.92 Å². The van der Waals surface area contributed by atoms with E-state index in [4.69, 9.17) is 0 Å². The van der Waals surface area contributed by atoms with Gasteiger partial charge in [-0.25, -0.2) is 4.98 Å². The number of allylic oxidation sites excluding steroid dienone is 2. The molecule has 0 aromatic carbocycles. The molecule has 0 saturated carbocycles. The van der Waals surface area contributed by atoms with Gasteiger partial charge in [-0.3, -0.25) is 14.6 Å². The molecule has 2 aliphatic rings. The molecule has 1 unspecified atom stereocenters. The van der Waals surface area contributed by atoms with Crippen molar-refractivity contribution >= 4 is 23.4 Å². The number of nitrogens with one attached hydrogen (secondary N) is 2. The summed E-state index contributed by atoms with van der Waals surface area (Å²) >= 11 is 1.53. The molecular weight excluding hydrogens is 348 g/mol. The number of rotatable bonds is 4. The third kappa shape index (κ3) is 2.96. The van der Waals surface area contributed by atoms with E-state index in [1.54, 1.807) is 12.4 Å². The van der Waals surface area contributed by atoms with Crippen molar-refractivity contribution in [2.24, 2.45) is 0 Å². The number of nitrogens with zero attached hydrogens (tertiary/aromatic N) is 2. The molecule has 26 heavy (non-hydrogen) atoms. The van der Waals surface area contributed by atoms with E-state index in [2.05, 4.69) is 27.2 Å². The van der Waals surface area contributed by atoms with Gasteiger partial charge in [-0.05, 0) is 37.0 Å². The molecule has 2 aromatic rings. The molecule has 0 saturated heterocycles. The van der Waals surface area contributed by atoms with Gasteiger partial charge in [-0.1, -0.05) is 18.7 Å². The summed E-state index contributed by atoms with van der Waals surface area (Å²) in [4.78, 5) is 37.2. The van der Waals surface area contributed by atoms with Gasteiger partial charge in [0.25, 0.3) is 5.56 Å². The molecule has 2 aromatic heterocycles. The lowest BCUT2D eigenvalue weighted by molar-refractivity contribution is -0.116. The Morgan fingerprint density at radius 1 is 1.23 bits per heavy atom. The predicted octanol–water partition coefficient (Wildman–Crippen LogP) is 3.23. The fourth-order valence-corrected chi connectivity index (χ4v) is 4.31. The first-order valence-corrected chi connectivity index (χ1v) is 9.87. The highest BCUT2D eigenvalue weighted by atomic mass is 32.2. The number of Topliss-reactive ketones (excluding diaryl/α,β-unsaturated/α-hetero) is 1. The molecule has 6 nitrogen and oxygen atoms in total. The van der Waals surface area contributed by atoms with E-state index in [-0.39, 0.29) is 11.3 Å². The molecule has 134 valence electrons. The topological polar surface area (TPSA) is 87.7 Å². The number of carbonyl (C=O) groups is 1. The van der Waals surface area contributed by atoms with Crippen LogP contribution in [-0.2, 0) is 4.79 Å². The number of anilines is 1. The Labute approximate surface area is 155 Å². The van der Waals surface area contributed by atoms with Gasteiger partial charge in [0.15, 0.2) is 10.9 Å². The molecule has 3 heterocycles. The van der Waals surface area contributed by atoms with Crippen LogP contribution >= 0.6 is 11.8 Å². The fourth-order valence-electron chi connectivity index (χ4n) is 3.60. The number of ketones is 1. The summed E-state index contributed by atoms with van der Waals surface area (Å²) in [7, 11) is 0. The molecule has 1 atom stereocenters. The lowest BCUT2D eigenvalue weighted by atomic mass is 9.77. The summed E-state index contributed by atoms with van der Waals surface area (Å²) in [6, 6.07) is 3.73. The second-order valence-electron chi connectivity index (χ2n) is 6.49. The summed E-state index contributed by atoms with van der Waals surface area (Å²) in [6.45, 7) is 2.09. The Bertz CT molecular complexity index is 936. The molecule has 2 N–H and O–H groups in total. The number of pyridine rings is 1. The molecule has 0 radical (unpaired) electrons. The number of hydrogen-bond donors (Lipinski definition) is 2. The second-order valence-corrected chi connectivity index (χ2v) is 7.57. The van der Waals surface area contributed by atoms with Crippen LogP contribution in [0.25, 0.3) is 0 Å². The first-order chi connectivity index (χ1) is 12.7. The van der Waals surface area contributed by atoms with Crippen LogP contribution in [0.4, 0.5) is 5.82 Å². The monoisotopic (exact) mass is 368 g/mol. The maximum Gasteiger partial charge on any atom is 0.257 e. The third-order valence-corrected chi connectivity index (χ3v) is 5.80. The van der Waals surface area contributed by atoms with Gasteiger partial charge in [-0.15, -0.1) is 0 Å². The molecule has 1 aliphatic heterocycles. The quantitative estimate of drug-likeness (QED) is 0.636. The number of hydrogen-bond acceptors (Lipinski definition) is 6. The van der Waals surface area contributed by atoms with Crippen molar-refractivity contribution in [2.45, 2.75) is 43.7 Å². The minimum atomic E-state index is -0.390. The summed E-state index contributed by atoms with van der Waals surface area (Å²) in [5, 5.41) is 3.90. The average Bonchev–Trinajstić information content (AvgIpc) is 2.65. The van der Waals surface area contributed by atoms with Crippen LogP contribution in [0.15, 0.2) is 45.7 Å². The van der Waals surface area contributed by atoms with Gasteiger partial charge in [0, 0.05) is 41.8 Å². The van der Waals surface area contributed by atoms with Gasteiger partial charge >= 0.3 is 0 Å². The van der Waals surface area contributed by atoms with Crippen molar-refractivity contribution in [3.8, 4) is 0 Å². The number of aromatic nitrogens is 3. The Balaban J connectivity index is 1.89. The smallest absolute Gasteiger partial charge is 0.257 e. The van der Waals surface area contributed by atoms with Crippen LogP contribution in [0.5, 0.6) is 0 Å². The van der Waals surface area contributed by atoms with Crippen molar-refractivity contribution < 1.29 is 4.79 Å². The van der Waals surface area contributed by atoms with Gasteiger partial charge in [-0.2, -0.15) is 0 Å². The van der Waals surface area contributed by atoms with Crippen LogP contribution in [0.2, 0.25) is 0 Å². The number of H-pyrrole nitrogens is 1. The molecule has 0 fully saturated rings. The highest BCUT2D eigenvalue weighted by molar-refractivity contribution is 7.99. The minimum absolute atomic E-state index is 0.107. The van der Waals surface area contributed by atoms with E-state index in [1.165, 1.54) is 11.8 Å². The summed E-state index contributed by atoms with van der Waals surface area (Å²) in [5.41, 5.74) is 2.84. The highest BCUT2D eigenvalue weighted by Gasteiger charge is 2.37. The standard InChI is InChI=1S/C19H20N4O2S/c1-2-10-26-19-22-17-16(18(25)23-19)14(11-6-8-20-9-7-11)15-12(21-17)4-3-5-13(15)24/h6-9,14H,2-5,10H2,1H3,(H2,21,22,23,25). The van der Waals surface area contributed by atoms with Crippen molar-refractivity contribution in [1.82, 2.24) is 15.0 Å². The number of fused-ring (bicyclic) bond motifs is 1. The van der Waals surface area contributed by atoms with Crippen LogP contribution < -0.4 is 10.9 Å². The van der Waals surface area contributed by atoms with Crippen molar-refractivity contribution in [3.05, 3.63) is 57.3 Å². The van der Waals surface area contributed by atoms with E-state index in [0.717, 1.165) is 36.3 Å². The molecule has 4 rings (SSSR count). The lowest BCUT2D eigenvalue weighted by Crippen LogP contribution is -2.32. The van der Waals surface area contributed by atoms with Crippen LogP contribution in [-0.4, -0.2) is 26.5 Å². The SMILES string of the molecule is CCCSc1nc2c(c(=O)[nH]1)C(c1ccncc1)C1=C(CCCC1=O)N2. The second kappa shape index (κ2) is 7.07. The maximum atomic E-state index is 12.9. The van der Waals surface area contributed by atoms with Crippen LogP contribution in [0.3, 0.4) is 0 Å². The first-order valence-electron chi connectivity index (χ1n) is 8.89. The first kappa shape index (κ1) is 17.0. The van der Waals surface area contributed by atoms with Gasteiger partial charge in [0.1, 0.15) is 5.82 Å². The molecule has 0 amide bonds. The normalized spacial score (nSPS) is 19.0. The van der Waals surface area contributed by atoms with Crippen molar-refractivity contribution in [2.75, 3.05) is 11.1 Å². The molecular formula is C19H20N4O2S. The summed E-state index contributed by atoms with van der Waals surface area (Å²) in [5.74, 6) is 1.18. The molecule has 0 bridgehead atoms. The lowest BCUT2D eigenvalue weighted by Gasteiger charge is -2.32. The zero-order valence-corrected chi connectivity index (χ0v) is 15.4. The van der Waals surface area contributed by atoms with E-state index >= 15 is 0 Å². The number of carbonyl (C=O) groups excluding carboxylic acids is 1. The van der Waals surface area contributed by atoms with E-state index in [9.17, 15) is 9.59 Å². The van der Waals surface area contributed by atoms with E-state index in [0.29, 0.717) is 28.5 Å². The van der Waals surface area contributed by atoms with Crippen LogP contribution in [0.1, 0.15) is 49.7 Å². The fraction of sp³-hybridized carbons (Fsp3) is 0.368. The zero-order valence-electron chi connectivity index (χ0n) is 14.5. The van der Waals surface area contributed by atoms with Gasteiger partial charge in [0.2, 0.25) is 0 Å². The van der Waals surface area contributed by atoms with Gasteiger partial charge in [0.05, 0.1) is 5.56 Å². The Morgan fingerprint density at radius 3 is 2.81 bits per heavy atom. The summed E-state index contributed by atoms with van der Waals surface area (Å²) in [6.07, 6.45) is 6.53. The van der Waals surface area contributed by atoms with Crippen molar-refractivity contribution in [3.63, 3.8) is 0 Å². The Kier molecular flexibility index (Phi) is 4.63. The van der Waals surface area contributed by atoms with Crippen LogP contribution in [0, 0.1) is 0 Å². The third-order valence-electron chi connectivity index (χ3n) is 4.72. The maximum absolute atomic E-state index is 12.9. The molecule has 1 aliphatic carbocycles. The average molecular weight is 368 g/mol. The largest absolute Gasteiger partial charge is 0.343 e. The molecule has 7 heteroatoms.